The number of carbonyl (C=O) groups is 3. The molecule has 0 spiro atoms. The van der Waals surface area contributed by atoms with Gasteiger partial charge in [0.05, 0.1) is 17.4 Å². The first-order valence-electron chi connectivity index (χ1n) is 11.6. The van der Waals surface area contributed by atoms with Crippen molar-refractivity contribution in [1.29, 1.82) is 0 Å². The van der Waals surface area contributed by atoms with Gasteiger partial charge in [-0.25, -0.2) is 9.31 Å². The number of imide groups is 1. The molecule has 2 aliphatic heterocycles. The molecule has 170 valence electrons. The van der Waals surface area contributed by atoms with Crippen molar-refractivity contribution in [1.82, 2.24) is 24.7 Å². The fraction of sp³-hybridized carbons (Fsp3) is 0.565. The second-order valence-corrected chi connectivity index (χ2v) is 9.25. The predicted molar refractivity (Wildman–Crippen MR) is 119 cm³/mol. The van der Waals surface area contributed by atoms with E-state index in [9.17, 15) is 14.4 Å². The highest BCUT2D eigenvalue weighted by atomic mass is 16.2. The Balaban J connectivity index is 1.27. The van der Waals surface area contributed by atoms with Gasteiger partial charge < -0.3 is 4.90 Å². The van der Waals surface area contributed by atoms with Crippen LogP contribution in [0.5, 0.6) is 0 Å². The molecular formula is C23H30N6O3. The van der Waals surface area contributed by atoms with E-state index < -0.39 is 6.03 Å². The maximum Gasteiger partial charge on any atom is 0.328 e. The zero-order valence-corrected chi connectivity index (χ0v) is 18.5. The summed E-state index contributed by atoms with van der Waals surface area (Å²) < 4.78 is 1.75. The number of nitrogens with one attached hydrogen (secondary N) is 1. The smallest absolute Gasteiger partial charge is 0.328 e. The Kier molecular flexibility index (Phi) is 5.58. The second kappa shape index (κ2) is 8.54. The molecule has 2 aromatic rings. The maximum absolute atomic E-state index is 12.9. The molecular weight excluding hydrogens is 408 g/mol. The molecule has 0 radical (unpaired) electrons. The van der Waals surface area contributed by atoms with Crippen LogP contribution >= 0.6 is 0 Å². The summed E-state index contributed by atoms with van der Waals surface area (Å²) in [5.41, 5.74) is 2.68. The number of nitrogens with zero attached hydrogens (tertiary/aromatic N) is 5. The van der Waals surface area contributed by atoms with Gasteiger partial charge in [-0.2, -0.15) is 5.10 Å². The van der Waals surface area contributed by atoms with Crippen LogP contribution in [0.2, 0.25) is 0 Å². The van der Waals surface area contributed by atoms with Gasteiger partial charge in [0.15, 0.2) is 0 Å². The van der Waals surface area contributed by atoms with Crippen molar-refractivity contribution in [2.75, 3.05) is 31.1 Å². The number of urea groups is 1. The molecule has 0 bridgehead atoms. The standard InChI is InChI=1S/C23H30N6O3/c1-16-14-26(10-11-27(16)22(31)18-4-2-3-5-18)15-17-6-9-29-19(12-17)20(13-24-29)28-8-7-21(30)25-23(28)32/h6,9,12-13,16,18H,2-5,7-8,10-11,14-15H2,1H3,(H,25,30,32)/t16-/m0/s1. The molecule has 9 nitrogen and oxygen atoms in total. The van der Waals surface area contributed by atoms with Gasteiger partial charge in [0.25, 0.3) is 0 Å². The number of amides is 4. The van der Waals surface area contributed by atoms with Gasteiger partial charge in [-0.1, -0.05) is 12.8 Å². The summed E-state index contributed by atoms with van der Waals surface area (Å²) in [6, 6.07) is 3.91. The first-order valence-corrected chi connectivity index (χ1v) is 11.6. The van der Waals surface area contributed by atoms with Crippen LogP contribution in [0.1, 0.15) is 44.6 Å². The number of carbonyl (C=O) groups excluding carboxylic acids is 3. The van der Waals surface area contributed by atoms with Gasteiger partial charge in [-0.3, -0.25) is 24.7 Å². The van der Waals surface area contributed by atoms with Gasteiger partial charge in [0.1, 0.15) is 0 Å². The quantitative estimate of drug-likeness (QED) is 0.789. The topological polar surface area (TPSA) is 90.3 Å². The monoisotopic (exact) mass is 438 g/mol. The minimum absolute atomic E-state index is 0.209. The average molecular weight is 439 g/mol. The number of piperazine rings is 1. The molecule has 3 aliphatic rings. The number of anilines is 1. The Labute approximate surface area is 187 Å². The van der Waals surface area contributed by atoms with Crippen molar-refractivity contribution in [2.24, 2.45) is 5.92 Å². The van der Waals surface area contributed by atoms with Crippen molar-refractivity contribution < 1.29 is 14.4 Å². The van der Waals surface area contributed by atoms with Crippen LogP contribution in [0.3, 0.4) is 0 Å². The Morgan fingerprint density at radius 2 is 2.00 bits per heavy atom. The fourth-order valence-electron chi connectivity index (χ4n) is 5.28. The second-order valence-electron chi connectivity index (χ2n) is 9.25. The van der Waals surface area contributed by atoms with E-state index in [0.29, 0.717) is 18.1 Å². The first-order chi connectivity index (χ1) is 15.5. The largest absolute Gasteiger partial charge is 0.337 e. The van der Waals surface area contributed by atoms with Crippen molar-refractivity contribution in [3.05, 3.63) is 30.1 Å². The zero-order chi connectivity index (χ0) is 22.2. The van der Waals surface area contributed by atoms with Crippen LogP contribution in [0, 0.1) is 5.92 Å². The summed E-state index contributed by atoms with van der Waals surface area (Å²) in [6.07, 6.45) is 8.31. The van der Waals surface area contributed by atoms with Gasteiger partial charge in [-0.05, 0) is 37.5 Å². The van der Waals surface area contributed by atoms with E-state index in [2.05, 4.69) is 33.2 Å². The highest BCUT2D eigenvalue weighted by molar-refractivity contribution is 6.07. The minimum atomic E-state index is -0.404. The lowest BCUT2D eigenvalue weighted by Crippen LogP contribution is -2.54. The Morgan fingerprint density at radius 3 is 2.75 bits per heavy atom. The first kappa shape index (κ1) is 20.9. The average Bonchev–Trinajstić information content (AvgIpc) is 3.44. The molecule has 9 heteroatoms. The Bertz CT molecular complexity index is 1040. The van der Waals surface area contributed by atoms with E-state index in [4.69, 9.17) is 0 Å². The molecule has 4 amide bonds. The van der Waals surface area contributed by atoms with Gasteiger partial charge >= 0.3 is 6.03 Å². The van der Waals surface area contributed by atoms with Crippen LogP contribution in [-0.2, 0) is 16.1 Å². The third-order valence-corrected chi connectivity index (χ3v) is 7.02. The summed E-state index contributed by atoms with van der Waals surface area (Å²) in [5, 5.41) is 6.74. The van der Waals surface area contributed by atoms with E-state index in [0.717, 1.165) is 50.1 Å². The van der Waals surface area contributed by atoms with Crippen LogP contribution in [-0.4, -0.2) is 69.5 Å². The number of rotatable bonds is 4. The highest BCUT2D eigenvalue weighted by Crippen LogP contribution is 2.29. The third kappa shape index (κ3) is 3.97. The lowest BCUT2D eigenvalue weighted by Gasteiger charge is -2.41. The maximum atomic E-state index is 12.9. The Hall–Kier alpha value is -2.94. The highest BCUT2D eigenvalue weighted by Gasteiger charge is 2.33. The van der Waals surface area contributed by atoms with Crippen molar-refractivity contribution in [2.45, 2.75) is 51.6 Å². The fourth-order valence-corrected chi connectivity index (χ4v) is 5.28. The van der Waals surface area contributed by atoms with Crippen LogP contribution in [0.15, 0.2) is 24.5 Å². The number of hydrogen-bond acceptors (Lipinski definition) is 5. The van der Waals surface area contributed by atoms with E-state index in [1.54, 1.807) is 15.6 Å². The summed E-state index contributed by atoms with van der Waals surface area (Å²) in [6.45, 7) is 5.77. The number of pyridine rings is 1. The molecule has 0 unspecified atom stereocenters. The molecule has 32 heavy (non-hydrogen) atoms. The number of fused-ring (bicyclic) bond motifs is 1. The lowest BCUT2D eigenvalue weighted by molar-refractivity contribution is -0.140. The predicted octanol–water partition coefficient (Wildman–Crippen LogP) is 2.00. The van der Waals surface area contributed by atoms with E-state index >= 15 is 0 Å². The van der Waals surface area contributed by atoms with Crippen LogP contribution in [0.25, 0.3) is 5.52 Å². The molecule has 1 atom stereocenters. The van der Waals surface area contributed by atoms with E-state index in [1.807, 2.05) is 12.3 Å². The molecule has 1 N–H and O–H groups in total. The summed E-state index contributed by atoms with van der Waals surface area (Å²) >= 11 is 0. The number of hydrogen-bond donors (Lipinski definition) is 1. The molecule has 4 heterocycles. The van der Waals surface area contributed by atoms with Crippen molar-refractivity contribution in [3.63, 3.8) is 0 Å². The molecule has 5 rings (SSSR count). The molecule has 0 aromatic carbocycles. The van der Waals surface area contributed by atoms with Crippen molar-refractivity contribution in [3.8, 4) is 0 Å². The number of aromatic nitrogens is 2. The molecule has 2 saturated heterocycles. The molecule has 2 aromatic heterocycles. The van der Waals surface area contributed by atoms with Crippen LogP contribution in [0.4, 0.5) is 10.5 Å². The molecule has 3 fully saturated rings. The summed E-state index contributed by atoms with van der Waals surface area (Å²) in [7, 11) is 0. The Morgan fingerprint density at radius 1 is 1.19 bits per heavy atom. The van der Waals surface area contributed by atoms with Gasteiger partial charge in [0.2, 0.25) is 11.8 Å². The summed E-state index contributed by atoms with van der Waals surface area (Å²) in [5.74, 6) is 0.329. The zero-order valence-electron chi connectivity index (χ0n) is 18.5. The van der Waals surface area contributed by atoms with Crippen molar-refractivity contribution >= 4 is 29.0 Å². The lowest BCUT2D eigenvalue weighted by atomic mass is 10.0. The van der Waals surface area contributed by atoms with Gasteiger partial charge in [-0.15, -0.1) is 0 Å². The minimum Gasteiger partial charge on any atom is -0.337 e. The normalized spacial score (nSPS) is 23.2. The third-order valence-electron chi connectivity index (χ3n) is 7.02. The van der Waals surface area contributed by atoms with Crippen LogP contribution < -0.4 is 10.2 Å². The van der Waals surface area contributed by atoms with E-state index in [-0.39, 0.29) is 24.3 Å². The molecule has 1 saturated carbocycles. The molecule has 1 aliphatic carbocycles. The SMILES string of the molecule is C[C@H]1CN(Cc2ccn3ncc(N4CCC(=O)NC4=O)c3c2)CCN1C(=O)C1CCCC1. The van der Waals surface area contributed by atoms with E-state index in [1.165, 1.54) is 12.8 Å². The summed E-state index contributed by atoms with van der Waals surface area (Å²) in [4.78, 5) is 42.7. The van der Waals surface area contributed by atoms with Gasteiger partial charge in [0, 0.05) is 57.3 Å².